The molecule has 0 amide bonds. The maximum Gasteiger partial charge on any atom is 0.149 e. The highest BCUT2D eigenvalue weighted by Crippen LogP contribution is 2.13. The Balaban J connectivity index is 2.79. The monoisotopic (exact) mass is 246 g/mol. The fourth-order valence-electron chi connectivity index (χ4n) is 1.45. The Hall–Kier alpha value is -0.920. The maximum absolute atomic E-state index is 11.2. The van der Waals surface area contributed by atoms with Gasteiger partial charge in [-0.25, -0.2) is 8.42 Å². The summed E-state index contributed by atoms with van der Waals surface area (Å²) in [6.45, 7) is 2.87. The van der Waals surface area contributed by atoms with Gasteiger partial charge in [0.1, 0.15) is 9.84 Å². The molecule has 1 atom stereocenters. The first-order chi connectivity index (χ1) is 7.46. The number of hydrogen-bond donors (Lipinski definition) is 2. The Bertz CT molecular complexity index is 426. The molecule has 0 radical (unpaired) electrons. The molecule has 0 saturated heterocycles. The van der Waals surface area contributed by atoms with E-state index in [1.807, 2.05) is 6.20 Å². The number of aromatic nitrogens is 2. The largest absolute Gasteiger partial charge is 0.272 e. The molecule has 7 heteroatoms. The number of nitrogens with zero attached hydrogens (tertiary/aromatic N) is 2. The SMILES string of the molecule is CCCn1cc(C(CS(C)(=O)=O)NN)cn1. The van der Waals surface area contributed by atoms with Crippen molar-refractivity contribution in [1.29, 1.82) is 0 Å². The number of hydrogen-bond acceptors (Lipinski definition) is 5. The third-order valence-corrected chi connectivity index (χ3v) is 3.12. The number of nitrogens with one attached hydrogen (secondary N) is 1. The molecule has 1 aromatic rings. The van der Waals surface area contributed by atoms with Gasteiger partial charge in [0, 0.05) is 24.6 Å². The van der Waals surface area contributed by atoms with Gasteiger partial charge in [0.15, 0.2) is 0 Å². The van der Waals surface area contributed by atoms with Crippen molar-refractivity contribution in [2.45, 2.75) is 25.9 Å². The molecular weight excluding hydrogens is 228 g/mol. The number of sulfone groups is 1. The van der Waals surface area contributed by atoms with Gasteiger partial charge in [-0.1, -0.05) is 6.92 Å². The van der Waals surface area contributed by atoms with Crippen molar-refractivity contribution in [1.82, 2.24) is 15.2 Å². The molecule has 1 heterocycles. The van der Waals surface area contributed by atoms with Gasteiger partial charge < -0.3 is 0 Å². The van der Waals surface area contributed by atoms with Gasteiger partial charge in [-0.15, -0.1) is 0 Å². The Kier molecular flexibility index (Phi) is 4.45. The predicted octanol–water partition coefficient (Wildman–Crippen LogP) is -0.158. The molecule has 92 valence electrons. The quantitative estimate of drug-likeness (QED) is 0.538. The molecule has 0 bridgehead atoms. The van der Waals surface area contributed by atoms with Crippen molar-refractivity contribution in [2.75, 3.05) is 12.0 Å². The molecule has 0 aliphatic heterocycles. The number of aryl methyl sites for hydroxylation is 1. The molecular formula is C9H18N4O2S. The van der Waals surface area contributed by atoms with E-state index in [2.05, 4.69) is 17.4 Å². The van der Waals surface area contributed by atoms with Gasteiger partial charge in [-0.05, 0) is 6.42 Å². The second-order valence-electron chi connectivity index (χ2n) is 3.85. The lowest BCUT2D eigenvalue weighted by atomic mass is 10.2. The van der Waals surface area contributed by atoms with Crippen LogP contribution in [0.3, 0.4) is 0 Å². The van der Waals surface area contributed by atoms with Crippen LogP contribution in [-0.2, 0) is 16.4 Å². The van der Waals surface area contributed by atoms with Crippen LogP contribution in [0, 0.1) is 0 Å². The van der Waals surface area contributed by atoms with Crippen LogP contribution in [0.15, 0.2) is 12.4 Å². The van der Waals surface area contributed by atoms with Gasteiger partial charge in [0.25, 0.3) is 0 Å². The predicted molar refractivity (Wildman–Crippen MR) is 62.3 cm³/mol. The molecule has 1 rings (SSSR count). The van der Waals surface area contributed by atoms with Crippen LogP contribution in [0.25, 0.3) is 0 Å². The van der Waals surface area contributed by atoms with Gasteiger partial charge in [-0.3, -0.25) is 16.0 Å². The Morgan fingerprint density at radius 2 is 2.31 bits per heavy atom. The minimum absolute atomic E-state index is 0.0265. The maximum atomic E-state index is 11.2. The van der Waals surface area contributed by atoms with Crippen LogP contribution in [-0.4, -0.2) is 30.2 Å². The van der Waals surface area contributed by atoms with E-state index in [4.69, 9.17) is 5.84 Å². The van der Waals surface area contributed by atoms with E-state index in [9.17, 15) is 8.42 Å². The van der Waals surface area contributed by atoms with E-state index >= 15 is 0 Å². The van der Waals surface area contributed by atoms with Gasteiger partial charge in [0.2, 0.25) is 0 Å². The minimum Gasteiger partial charge on any atom is -0.272 e. The summed E-state index contributed by atoms with van der Waals surface area (Å²) in [6, 6.07) is -0.402. The molecule has 0 aliphatic rings. The fraction of sp³-hybridized carbons (Fsp3) is 0.667. The zero-order valence-corrected chi connectivity index (χ0v) is 10.4. The van der Waals surface area contributed by atoms with E-state index in [1.165, 1.54) is 6.26 Å². The fourth-order valence-corrected chi connectivity index (χ4v) is 2.35. The standard InChI is InChI=1S/C9H18N4O2S/c1-3-4-13-6-8(5-11-13)9(12-10)7-16(2,14)15/h5-6,9,12H,3-4,7,10H2,1-2H3. The first-order valence-corrected chi connectivity index (χ1v) is 7.18. The van der Waals surface area contributed by atoms with Crippen LogP contribution in [0.4, 0.5) is 0 Å². The van der Waals surface area contributed by atoms with Crippen molar-refractivity contribution < 1.29 is 8.42 Å². The third kappa shape index (κ3) is 3.92. The molecule has 0 aromatic carbocycles. The third-order valence-electron chi connectivity index (χ3n) is 2.18. The number of hydrazine groups is 1. The summed E-state index contributed by atoms with van der Waals surface area (Å²) in [5.74, 6) is 5.32. The Labute approximate surface area is 95.7 Å². The molecule has 6 nitrogen and oxygen atoms in total. The lowest BCUT2D eigenvalue weighted by Crippen LogP contribution is -2.32. The van der Waals surface area contributed by atoms with E-state index in [0.717, 1.165) is 18.5 Å². The first kappa shape index (κ1) is 13.1. The summed E-state index contributed by atoms with van der Waals surface area (Å²) in [5.41, 5.74) is 3.29. The zero-order chi connectivity index (χ0) is 12.2. The summed E-state index contributed by atoms with van der Waals surface area (Å²) >= 11 is 0. The van der Waals surface area contributed by atoms with Gasteiger partial charge >= 0.3 is 0 Å². The molecule has 0 saturated carbocycles. The molecule has 1 unspecified atom stereocenters. The van der Waals surface area contributed by atoms with E-state index in [-0.39, 0.29) is 5.75 Å². The van der Waals surface area contributed by atoms with Crippen LogP contribution >= 0.6 is 0 Å². The first-order valence-electron chi connectivity index (χ1n) is 5.12. The molecule has 0 spiro atoms. The summed E-state index contributed by atoms with van der Waals surface area (Å²) in [7, 11) is -3.07. The van der Waals surface area contributed by atoms with Gasteiger partial charge in [-0.2, -0.15) is 5.10 Å². The Morgan fingerprint density at radius 3 is 2.81 bits per heavy atom. The average molecular weight is 246 g/mol. The van der Waals surface area contributed by atoms with Crippen molar-refractivity contribution in [3.63, 3.8) is 0 Å². The van der Waals surface area contributed by atoms with E-state index in [1.54, 1.807) is 10.9 Å². The van der Waals surface area contributed by atoms with E-state index in [0.29, 0.717) is 0 Å². The van der Waals surface area contributed by atoms with Crippen molar-refractivity contribution in [3.05, 3.63) is 18.0 Å². The second-order valence-corrected chi connectivity index (χ2v) is 6.03. The van der Waals surface area contributed by atoms with Crippen LogP contribution in [0.5, 0.6) is 0 Å². The molecule has 1 aromatic heterocycles. The van der Waals surface area contributed by atoms with Crippen molar-refractivity contribution in [2.24, 2.45) is 5.84 Å². The number of nitrogens with two attached hydrogens (primary N) is 1. The minimum atomic E-state index is -3.07. The van der Waals surface area contributed by atoms with Crippen LogP contribution in [0.2, 0.25) is 0 Å². The Morgan fingerprint density at radius 1 is 1.62 bits per heavy atom. The normalized spacial score (nSPS) is 13.9. The van der Waals surface area contributed by atoms with Crippen molar-refractivity contribution >= 4 is 9.84 Å². The molecule has 16 heavy (non-hydrogen) atoms. The highest BCUT2D eigenvalue weighted by Gasteiger charge is 2.17. The number of rotatable bonds is 6. The molecule has 0 fully saturated rings. The van der Waals surface area contributed by atoms with Gasteiger partial charge in [0.05, 0.1) is 18.0 Å². The highest BCUT2D eigenvalue weighted by atomic mass is 32.2. The summed E-state index contributed by atoms with van der Waals surface area (Å²) in [6.07, 6.45) is 5.63. The van der Waals surface area contributed by atoms with Crippen LogP contribution in [0.1, 0.15) is 24.9 Å². The average Bonchev–Trinajstić information content (AvgIpc) is 2.62. The highest BCUT2D eigenvalue weighted by molar-refractivity contribution is 7.90. The molecule has 3 N–H and O–H groups in total. The summed E-state index contributed by atoms with van der Waals surface area (Å²) in [5, 5.41) is 4.13. The second kappa shape index (κ2) is 5.42. The smallest absolute Gasteiger partial charge is 0.149 e. The lowest BCUT2D eigenvalue weighted by Gasteiger charge is -2.12. The van der Waals surface area contributed by atoms with E-state index < -0.39 is 15.9 Å². The summed E-state index contributed by atoms with van der Waals surface area (Å²) < 4.78 is 24.1. The van der Waals surface area contributed by atoms with Crippen molar-refractivity contribution in [3.8, 4) is 0 Å². The summed E-state index contributed by atoms with van der Waals surface area (Å²) in [4.78, 5) is 0. The lowest BCUT2D eigenvalue weighted by molar-refractivity contribution is 0.562. The zero-order valence-electron chi connectivity index (χ0n) is 9.55. The van der Waals surface area contributed by atoms with Crippen LogP contribution < -0.4 is 11.3 Å². The molecule has 0 aliphatic carbocycles. The topological polar surface area (TPSA) is 90.0 Å².